The number of carbonyl (C=O) groups excluding carboxylic acids is 3. The largest absolute Gasteiger partial charge is 0.460 e. The predicted molar refractivity (Wildman–Crippen MR) is 127 cm³/mol. The monoisotopic (exact) mass is 511 g/mol. The van der Waals surface area contributed by atoms with E-state index in [-0.39, 0.29) is 30.1 Å². The lowest BCUT2D eigenvalue weighted by Crippen LogP contribution is -2.34. The molecule has 2 N–H and O–H groups in total. The molecule has 0 aromatic carbocycles. The van der Waals surface area contributed by atoms with Gasteiger partial charge in [-0.1, -0.05) is 6.92 Å². The van der Waals surface area contributed by atoms with Crippen LogP contribution in [0.1, 0.15) is 46.8 Å². The Labute approximate surface area is 204 Å². The molecule has 35 heavy (non-hydrogen) atoms. The summed E-state index contributed by atoms with van der Waals surface area (Å²) in [5.74, 6) is -1.15. The SMILES string of the molecule is CC[C@H](OC(C)=O)[C@@H]1C[C@@H](OC(C)=O)[C@H](n2c(=O)n(CCSC)c3c(=O)[nH]c(NC(C)=O)nc32)O1. The molecule has 1 aliphatic heterocycles. The van der Waals surface area contributed by atoms with Crippen LogP contribution in [0.25, 0.3) is 11.2 Å². The number of anilines is 1. The van der Waals surface area contributed by atoms with E-state index in [0.717, 1.165) is 4.57 Å². The first kappa shape index (κ1) is 26.5. The fraction of sp³-hybridized carbons (Fsp3) is 0.619. The maximum absolute atomic E-state index is 13.6. The normalized spacial score (nSPS) is 20.5. The predicted octanol–water partition coefficient (Wildman–Crippen LogP) is 0.769. The second-order valence-electron chi connectivity index (χ2n) is 8.07. The number of rotatable bonds is 9. The van der Waals surface area contributed by atoms with Crippen molar-refractivity contribution in [2.24, 2.45) is 0 Å². The highest BCUT2D eigenvalue weighted by Gasteiger charge is 2.45. The minimum Gasteiger partial charge on any atom is -0.460 e. The van der Waals surface area contributed by atoms with Gasteiger partial charge in [-0.25, -0.2) is 9.36 Å². The molecule has 0 bridgehead atoms. The summed E-state index contributed by atoms with van der Waals surface area (Å²) in [4.78, 5) is 68.2. The Morgan fingerprint density at radius 3 is 2.54 bits per heavy atom. The van der Waals surface area contributed by atoms with Crippen molar-refractivity contribution in [2.75, 3.05) is 17.3 Å². The number of nitrogens with one attached hydrogen (secondary N) is 2. The van der Waals surface area contributed by atoms with Crippen LogP contribution >= 0.6 is 11.8 Å². The van der Waals surface area contributed by atoms with Gasteiger partial charge in [0.2, 0.25) is 11.9 Å². The molecule has 192 valence electrons. The average molecular weight is 512 g/mol. The second-order valence-corrected chi connectivity index (χ2v) is 9.06. The Hall–Kier alpha value is -3.13. The van der Waals surface area contributed by atoms with Crippen molar-refractivity contribution in [3.63, 3.8) is 0 Å². The number of amides is 1. The fourth-order valence-electron chi connectivity index (χ4n) is 4.12. The van der Waals surface area contributed by atoms with Gasteiger partial charge in [0.15, 0.2) is 17.4 Å². The molecule has 4 atom stereocenters. The molecule has 1 amide bonds. The molecule has 14 heteroatoms. The van der Waals surface area contributed by atoms with E-state index < -0.39 is 53.6 Å². The number of aryl methyl sites for hydroxylation is 1. The van der Waals surface area contributed by atoms with E-state index in [1.165, 1.54) is 37.1 Å². The zero-order chi connectivity index (χ0) is 25.9. The van der Waals surface area contributed by atoms with Gasteiger partial charge in [0.25, 0.3) is 5.56 Å². The molecular weight excluding hydrogens is 482 g/mol. The molecule has 2 aromatic rings. The summed E-state index contributed by atoms with van der Waals surface area (Å²) >= 11 is 1.49. The molecule has 0 unspecified atom stereocenters. The first-order chi connectivity index (χ1) is 16.6. The highest BCUT2D eigenvalue weighted by atomic mass is 32.2. The van der Waals surface area contributed by atoms with E-state index >= 15 is 0 Å². The number of hydrogen-bond acceptors (Lipinski definition) is 10. The van der Waals surface area contributed by atoms with Crippen LogP contribution in [0.4, 0.5) is 5.95 Å². The Morgan fingerprint density at radius 2 is 1.97 bits per heavy atom. The summed E-state index contributed by atoms with van der Waals surface area (Å²) < 4.78 is 19.4. The maximum Gasteiger partial charge on any atom is 0.332 e. The molecule has 13 nitrogen and oxygen atoms in total. The number of esters is 2. The van der Waals surface area contributed by atoms with Crippen LogP contribution in [0.3, 0.4) is 0 Å². The van der Waals surface area contributed by atoms with Gasteiger partial charge in [0, 0.05) is 39.5 Å². The third-order valence-electron chi connectivity index (χ3n) is 5.43. The summed E-state index contributed by atoms with van der Waals surface area (Å²) in [6, 6.07) is 0. The Morgan fingerprint density at radius 1 is 1.26 bits per heavy atom. The molecule has 0 saturated carbocycles. The number of carbonyl (C=O) groups is 3. The van der Waals surface area contributed by atoms with Gasteiger partial charge in [-0.15, -0.1) is 0 Å². The molecule has 1 aliphatic rings. The van der Waals surface area contributed by atoms with Crippen LogP contribution in [-0.4, -0.2) is 67.3 Å². The highest BCUT2D eigenvalue weighted by Crippen LogP contribution is 2.35. The van der Waals surface area contributed by atoms with Gasteiger partial charge < -0.3 is 14.2 Å². The van der Waals surface area contributed by atoms with Gasteiger partial charge in [0.05, 0.1) is 0 Å². The van der Waals surface area contributed by atoms with E-state index in [1.807, 2.05) is 13.2 Å². The average Bonchev–Trinajstić information content (AvgIpc) is 3.27. The molecule has 3 heterocycles. The highest BCUT2D eigenvalue weighted by molar-refractivity contribution is 7.98. The molecule has 3 rings (SSSR count). The van der Waals surface area contributed by atoms with Crippen LogP contribution in [0.2, 0.25) is 0 Å². The number of H-pyrrole nitrogens is 1. The first-order valence-electron chi connectivity index (χ1n) is 11.1. The molecule has 1 saturated heterocycles. The fourth-order valence-corrected chi connectivity index (χ4v) is 4.48. The minimum atomic E-state index is -1.14. The number of aromatic amines is 1. The summed E-state index contributed by atoms with van der Waals surface area (Å²) in [6.07, 6.45) is -0.916. The van der Waals surface area contributed by atoms with Crippen LogP contribution in [0.15, 0.2) is 9.59 Å². The van der Waals surface area contributed by atoms with Gasteiger partial charge in [-0.05, 0) is 12.7 Å². The Kier molecular flexibility index (Phi) is 8.38. The molecule has 1 fully saturated rings. The summed E-state index contributed by atoms with van der Waals surface area (Å²) in [5.41, 5.74) is -1.25. The van der Waals surface area contributed by atoms with Gasteiger partial charge in [-0.2, -0.15) is 16.7 Å². The van der Waals surface area contributed by atoms with Crippen molar-refractivity contribution in [1.82, 2.24) is 19.1 Å². The van der Waals surface area contributed by atoms with E-state index in [2.05, 4.69) is 15.3 Å². The Balaban J connectivity index is 2.19. The standard InChI is InChI=1S/C21H29N5O8S/c1-6-13(32-11(3)28)14-9-15(33-12(4)29)19(34-14)26-17-16(25(21(26)31)7-8-35-5)18(30)24-20(23-17)22-10(2)27/h13-15,19H,6-9H2,1-5H3,(H2,22,23,24,27,30)/t13-,14-,15+,19+/m0/s1. The van der Waals surface area contributed by atoms with E-state index in [4.69, 9.17) is 14.2 Å². The van der Waals surface area contributed by atoms with E-state index in [9.17, 15) is 24.0 Å². The smallest absolute Gasteiger partial charge is 0.332 e. The van der Waals surface area contributed by atoms with Crippen LogP contribution in [-0.2, 0) is 35.1 Å². The van der Waals surface area contributed by atoms with Crippen LogP contribution in [0, 0.1) is 0 Å². The van der Waals surface area contributed by atoms with Crippen molar-refractivity contribution >= 4 is 46.7 Å². The second kappa shape index (κ2) is 11.1. The van der Waals surface area contributed by atoms with Gasteiger partial charge in [0.1, 0.15) is 18.3 Å². The van der Waals surface area contributed by atoms with Crippen molar-refractivity contribution in [1.29, 1.82) is 0 Å². The summed E-state index contributed by atoms with van der Waals surface area (Å²) in [7, 11) is 0. The lowest BCUT2D eigenvalue weighted by Gasteiger charge is -2.22. The number of imidazole rings is 1. The molecule has 0 spiro atoms. The lowest BCUT2D eigenvalue weighted by molar-refractivity contribution is -0.158. The van der Waals surface area contributed by atoms with Crippen molar-refractivity contribution in [2.45, 2.75) is 71.6 Å². The third-order valence-corrected chi connectivity index (χ3v) is 6.02. The molecule has 2 aromatic heterocycles. The number of ether oxygens (including phenoxy) is 3. The number of fused-ring (bicyclic) bond motifs is 1. The van der Waals surface area contributed by atoms with Gasteiger partial charge in [-0.3, -0.25) is 34.0 Å². The number of nitrogens with zero attached hydrogens (tertiary/aromatic N) is 3. The van der Waals surface area contributed by atoms with E-state index in [1.54, 1.807) is 0 Å². The molecule has 0 radical (unpaired) electrons. The zero-order valence-corrected chi connectivity index (χ0v) is 21.0. The van der Waals surface area contributed by atoms with Crippen molar-refractivity contribution in [3.8, 4) is 0 Å². The summed E-state index contributed by atoms with van der Waals surface area (Å²) in [6.45, 7) is 5.79. The quantitative estimate of drug-likeness (QED) is 0.460. The molecule has 0 aliphatic carbocycles. The number of aromatic nitrogens is 4. The maximum atomic E-state index is 13.6. The summed E-state index contributed by atoms with van der Waals surface area (Å²) in [5, 5.41) is 2.41. The van der Waals surface area contributed by atoms with Crippen LogP contribution in [0.5, 0.6) is 0 Å². The zero-order valence-electron chi connectivity index (χ0n) is 20.2. The number of hydrogen-bond donors (Lipinski definition) is 2. The van der Waals surface area contributed by atoms with Crippen LogP contribution < -0.4 is 16.6 Å². The Bertz CT molecular complexity index is 1230. The van der Waals surface area contributed by atoms with Gasteiger partial charge >= 0.3 is 17.6 Å². The number of thioether (sulfide) groups is 1. The first-order valence-corrected chi connectivity index (χ1v) is 12.5. The lowest BCUT2D eigenvalue weighted by atomic mass is 10.1. The van der Waals surface area contributed by atoms with E-state index in [0.29, 0.717) is 12.2 Å². The third kappa shape index (κ3) is 5.75. The van der Waals surface area contributed by atoms with Crippen molar-refractivity contribution < 1.29 is 28.6 Å². The van der Waals surface area contributed by atoms with Crippen molar-refractivity contribution in [3.05, 3.63) is 20.8 Å². The molecular formula is C21H29N5O8S. The minimum absolute atomic E-state index is 0.00111. The topological polar surface area (TPSA) is 164 Å².